The first-order chi connectivity index (χ1) is 10.3. The highest BCUT2D eigenvalue weighted by molar-refractivity contribution is 5.23. The summed E-state index contributed by atoms with van der Waals surface area (Å²) in [4.78, 5) is 24.5. The summed E-state index contributed by atoms with van der Waals surface area (Å²) in [5, 5.41) is 22.9. The van der Waals surface area contributed by atoms with Crippen molar-refractivity contribution in [1.82, 2.24) is 14.8 Å². The van der Waals surface area contributed by atoms with Gasteiger partial charge in [0, 0.05) is 0 Å². The normalized spacial score (nSPS) is 32.3. The number of aromatic nitrogens is 3. The molecular formula is C12H13F2N3O5. The zero-order valence-electron chi connectivity index (χ0n) is 11.4. The summed E-state index contributed by atoms with van der Waals surface area (Å²) in [5.41, 5.74) is -4.80. The van der Waals surface area contributed by atoms with Crippen LogP contribution in [0.25, 0.3) is 0 Å². The Morgan fingerprint density at radius 3 is 2.86 bits per heavy atom. The van der Waals surface area contributed by atoms with E-state index in [0.29, 0.717) is 10.9 Å². The fourth-order valence-electron chi connectivity index (χ4n) is 2.15. The van der Waals surface area contributed by atoms with E-state index < -0.39 is 48.1 Å². The highest BCUT2D eigenvalue weighted by atomic mass is 19.1. The van der Waals surface area contributed by atoms with Crippen LogP contribution in [0.3, 0.4) is 0 Å². The van der Waals surface area contributed by atoms with Crippen molar-refractivity contribution in [2.24, 2.45) is 0 Å². The lowest BCUT2D eigenvalue weighted by atomic mass is 9.94. The SMILES string of the molecule is C[C@@H](O)[C@H]1O[C@@H](n2ncc(=O)[nH]c2=O)C(F)(C#CCF)[C@H]1O. The Hall–Kier alpha value is -2.09. The monoisotopic (exact) mass is 317 g/mol. The standard InChI is InChI=1S/C12H13F2N3O5/c1-6(18)8-9(20)12(14,3-2-4-13)10(22-8)17-11(21)16-7(19)5-15-17/h5-6,8-10,18,20H,4H2,1H3,(H,16,19,21)/t6-,8-,9+,10-,12?/m1/s1. The number of hydrogen-bond acceptors (Lipinski definition) is 6. The third kappa shape index (κ3) is 2.66. The van der Waals surface area contributed by atoms with E-state index in [2.05, 4.69) is 5.10 Å². The minimum Gasteiger partial charge on any atom is -0.391 e. The van der Waals surface area contributed by atoms with E-state index in [0.717, 1.165) is 0 Å². The predicted molar refractivity (Wildman–Crippen MR) is 68.3 cm³/mol. The van der Waals surface area contributed by atoms with Gasteiger partial charge in [0.2, 0.25) is 11.9 Å². The van der Waals surface area contributed by atoms with Gasteiger partial charge in [-0.2, -0.15) is 9.78 Å². The molecule has 1 saturated heterocycles. The third-order valence-corrected chi connectivity index (χ3v) is 3.17. The molecule has 1 aliphatic rings. The molecule has 5 atom stereocenters. The molecule has 22 heavy (non-hydrogen) atoms. The predicted octanol–water partition coefficient (Wildman–Crippen LogP) is -1.75. The van der Waals surface area contributed by atoms with Crippen LogP contribution in [0.2, 0.25) is 0 Å². The molecule has 0 spiro atoms. The summed E-state index contributed by atoms with van der Waals surface area (Å²) < 4.78 is 32.8. The van der Waals surface area contributed by atoms with Crippen LogP contribution < -0.4 is 11.2 Å². The maximum atomic E-state index is 15.0. The van der Waals surface area contributed by atoms with Gasteiger partial charge in [0.15, 0.2) is 0 Å². The first-order valence-corrected chi connectivity index (χ1v) is 6.26. The zero-order chi connectivity index (χ0) is 16.5. The number of hydrogen-bond donors (Lipinski definition) is 3. The summed E-state index contributed by atoms with van der Waals surface area (Å²) in [6, 6.07) is 0. The Morgan fingerprint density at radius 1 is 1.64 bits per heavy atom. The van der Waals surface area contributed by atoms with Crippen LogP contribution in [-0.4, -0.2) is 55.6 Å². The van der Waals surface area contributed by atoms with Gasteiger partial charge < -0.3 is 14.9 Å². The van der Waals surface area contributed by atoms with Gasteiger partial charge in [-0.3, -0.25) is 9.78 Å². The number of aromatic amines is 1. The number of ether oxygens (including phenoxy) is 1. The quantitative estimate of drug-likeness (QED) is 0.557. The van der Waals surface area contributed by atoms with E-state index in [1.165, 1.54) is 6.92 Å². The second-order valence-electron chi connectivity index (χ2n) is 4.73. The lowest BCUT2D eigenvalue weighted by Gasteiger charge is -2.23. The van der Waals surface area contributed by atoms with E-state index in [1.807, 2.05) is 16.8 Å². The van der Waals surface area contributed by atoms with Crippen molar-refractivity contribution in [1.29, 1.82) is 0 Å². The molecule has 0 aromatic carbocycles. The maximum absolute atomic E-state index is 15.0. The topological polar surface area (TPSA) is 117 Å². The average molecular weight is 317 g/mol. The number of alkyl halides is 2. The number of halogens is 2. The number of rotatable bonds is 2. The van der Waals surface area contributed by atoms with Gasteiger partial charge in [-0.15, -0.1) is 0 Å². The van der Waals surface area contributed by atoms with Gasteiger partial charge in [0.25, 0.3) is 5.56 Å². The zero-order valence-corrected chi connectivity index (χ0v) is 11.4. The first-order valence-electron chi connectivity index (χ1n) is 6.26. The Balaban J connectivity index is 2.55. The molecule has 0 radical (unpaired) electrons. The van der Waals surface area contributed by atoms with Crippen molar-refractivity contribution in [2.45, 2.75) is 37.1 Å². The summed E-state index contributed by atoms with van der Waals surface area (Å²) in [6.45, 7) is 0.0563. The lowest BCUT2D eigenvalue weighted by molar-refractivity contribution is -0.0850. The molecule has 3 N–H and O–H groups in total. The average Bonchev–Trinajstić information content (AvgIpc) is 2.70. The number of H-pyrrole nitrogens is 1. The van der Waals surface area contributed by atoms with Crippen molar-refractivity contribution in [2.75, 3.05) is 6.67 Å². The summed E-state index contributed by atoms with van der Waals surface area (Å²) >= 11 is 0. The largest absolute Gasteiger partial charge is 0.391 e. The molecular weight excluding hydrogens is 304 g/mol. The van der Waals surface area contributed by atoms with Crippen molar-refractivity contribution in [3.8, 4) is 11.8 Å². The third-order valence-electron chi connectivity index (χ3n) is 3.17. The van der Waals surface area contributed by atoms with Crippen molar-refractivity contribution in [3.63, 3.8) is 0 Å². The minimum absolute atomic E-state index is 0.430. The number of aliphatic hydroxyl groups excluding tert-OH is 2. The van der Waals surface area contributed by atoms with E-state index in [9.17, 15) is 24.2 Å². The first kappa shape index (κ1) is 16.3. The van der Waals surface area contributed by atoms with Crippen molar-refractivity contribution >= 4 is 0 Å². The molecule has 10 heteroatoms. The molecule has 0 aliphatic carbocycles. The Kier molecular flexibility index (Phi) is 4.41. The Labute approximate surface area is 122 Å². The molecule has 0 bridgehead atoms. The van der Waals surface area contributed by atoms with Gasteiger partial charge >= 0.3 is 5.69 Å². The van der Waals surface area contributed by atoms with Gasteiger partial charge in [-0.1, -0.05) is 11.8 Å². The van der Waals surface area contributed by atoms with Gasteiger partial charge in [-0.05, 0) is 6.92 Å². The molecule has 1 fully saturated rings. The van der Waals surface area contributed by atoms with E-state index in [1.54, 1.807) is 0 Å². The molecule has 2 rings (SSSR count). The molecule has 1 unspecified atom stereocenters. The summed E-state index contributed by atoms with van der Waals surface area (Å²) in [7, 11) is 0. The number of nitrogens with zero attached hydrogens (tertiary/aromatic N) is 2. The number of aliphatic hydroxyl groups is 2. The minimum atomic E-state index is -2.89. The molecule has 120 valence electrons. The maximum Gasteiger partial charge on any atom is 0.347 e. The fourth-order valence-corrected chi connectivity index (χ4v) is 2.15. The highest BCUT2D eigenvalue weighted by Crippen LogP contribution is 2.41. The van der Waals surface area contributed by atoms with E-state index in [4.69, 9.17) is 4.74 Å². The lowest BCUT2D eigenvalue weighted by Crippen LogP contribution is -2.46. The number of nitrogens with one attached hydrogen (secondary N) is 1. The molecule has 1 aromatic rings. The van der Waals surface area contributed by atoms with E-state index in [-0.39, 0.29) is 0 Å². The van der Waals surface area contributed by atoms with Crippen LogP contribution in [0.5, 0.6) is 0 Å². The molecule has 1 aromatic heterocycles. The van der Waals surface area contributed by atoms with Crippen LogP contribution in [0.4, 0.5) is 8.78 Å². The summed E-state index contributed by atoms with van der Waals surface area (Å²) in [5.74, 6) is 3.69. The molecule has 0 amide bonds. The highest BCUT2D eigenvalue weighted by Gasteiger charge is 2.59. The fraction of sp³-hybridized carbons (Fsp3) is 0.583. The Morgan fingerprint density at radius 2 is 2.32 bits per heavy atom. The van der Waals surface area contributed by atoms with Crippen LogP contribution in [0, 0.1) is 11.8 Å². The molecule has 2 heterocycles. The molecule has 0 saturated carbocycles. The van der Waals surface area contributed by atoms with Gasteiger partial charge in [-0.25, -0.2) is 13.6 Å². The molecule has 1 aliphatic heterocycles. The van der Waals surface area contributed by atoms with Gasteiger partial charge in [0.1, 0.15) is 25.1 Å². The summed E-state index contributed by atoms with van der Waals surface area (Å²) in [6.07, 6.45) is -5.80. The van der Waals surface area contributed by atoms with Crippen molar-refractivity contribution < 1.29 is 23.7 Å². The van der Waals surface area contributed by atoms with Gasteiger partial charge in [0.05, 0.1) is 6.10 Å². The second-order valence-corrected chi connectivity index (χ2v) is 4.73. The van der Waals surface area contributed by atoms with Crippen LogP contribution in [0.1, 0.15) is 13.2 Å². The van der Waals surface area contributed by atoms with E-state index >= 15 is 4.39 Å². The smallest absolute Gasteiger partial charge is 0.347 e. The second kappa shape index (κ2) is 5.96. The van der Waals surface area contributed by atoms with Crippen LogP contribution in [0.15, 0.2) is 15.8 Å². The Bertz CT molecular complexity index is 722. The van der Waals surface area contributed by atoms with Crippen molar-refractivity contribution in [3.05, 3.63) is 27.0 Å². The van der Waals surface area contributed by atoms with Crippen LogP contribution in [-0.2, 0) is 4.74 Å². The molecule has 8 nitrogen and oxygen atoms in total. The van der Waals surface area contributed by atoms with Crippen LogP contribution >= 0.6 is 0 Å².